The minimum Gasteiger partial charge on any atom is -1.00 e. The van der Waals surface area contributed by atoms with Gasteiger partial charge in [-0.3, -0.25) is 0 Å². The average molecular weight is 268 g/mol. The molecule has 0 fully saturated rings. The van der Waals surface area contributed by atoms with E-state index in [1.54, 1.807) is 0 Å². The van der Waals surface area contributed by atoms with Crippen LogP contribution in [0.15, 0.2) is 54.6 Å². The maximum Gasteiger partial charge on any atom is 0.100 e. The minimum atomic E-state index is 0. The van der Waals surface area contributed by atoms with Crippen LogP contribution in [0.5, 0.6) is 0 Å². The van der Waals surface area contributed by atoms with Gasteiger partial charge in [-0.15, -0.1) is 0 Å². The third-order valence-electron chi connectivity index (χ3n) is 3.86. The van der Waals surface area contributed by atoms with Crippen LogP contribution in [0.1, 0.15) is 5.56 Å². The van der Waals surface area contributed by atoms with E-state index in [2.05, 4.69) is 60.3 Å². The molecule has 4 rings (SSSR count). The molecule has 0 bridgehead atoms. The van der Waals surface area contributed by atoms with E-state index in [9.17, 15) is 0 Å². The largest absolute Gasteiger partial charge is 1.00 e. The molecule has 4 aromatic rings. The molecule has 0 saturated heterocycles. The van der Waals surface area contributed by atoms with Gasteiger partial charge in [0.25, 0.3) is 0 Å². The molecule has 0 unspecified atom stereocenters. The van der Waals surface area contributed by atoms with E-state index in [0.717, 1.165) is 6.54 Å². The smallest absolute Gasteiger partial charge is 0.100 e. The van der Waals surface area contributed by atoms with Crippen LogP contribution in [-0.4, -0.2) is 0 Å². The van der Waals surface area contributed by atoms with E-state index in [-0.39, 0.29) is 12.4 Å². The van der Waals surface area contributed by atoms with Gasteiger partial charge in [0.05, 0.1) is 0 Å². The molecule has 0 aliphatic rings. The maximum atomic E-state index is 4.06. The third kappa shape index (κ3) is 1.59. The molecule has 1 nitrogen and oxygen atoms in total. The molecule has 0 aliphatic carbocycles. The lowest BCUT2D eigenvalue weighted by molar-refractivity contribution is -0.386. The number of benzene rings is 4. The molecule has 0 saturated carbocycles. The molecule has 3 N–H and O–H groups in total. The maximum absolute atomic E-state index is 4.06. The summed E-state index contributed by atoms with van der Waals surface area (Å²) < 4.78 is 0. The summed E-state index contributed by atoms with van der Waals surface area (Å²) in [5.74, 6) is 0. The highest BCUT2D eigenvalue weighted by Crippen LogP contribution is 2.35. The molecule has 94 valence electrons. The first-order valence-corrected chi connectivity index (χ1v) is 6.33. The van der Waals surface area contributed by atoms with Crippen molar-refractivity contribution in [3.63, 3.8) is 0 Å². The van der Waals surface area contributed by atoms with Crippen molar-refractivity contribution in [3.05, 3.63) is 60.2 Å². The van der Waals surface area contributed by atoms with Crippen molar-refractivity contribution in [2.45, 2.75) is 6.54 Å². The van der Waals surface area contributed by atoms with Crippen LogP contribution in [0.25, 0.3) is 32.3 Å². The van der Waals surface area contributed by atoms with Gasteiger partial charge in [0.2, 0.25) is 0 Å². The monoisotopic (exact) mass is 267 g/mol. The molecular formula is C17H14ClN. The van der Waals surface area contributed by atoms with Gasteiger partial charge >= 0.3 is 0 Å². The Morgan fingerprint density at radius 3 is 2.11 bits per heavy atom. The highest BCUT2D eigenvalue weighted by Gasteiger charge is 2.10. The summed E-state index contributed by atoms with van der Waals surface area (Å²) in [6.45, 7) is 0.837. The average Bonchev–Trinajstić information content (AvgIpc) is 2.44. The first kappa shape index (κ1) is 12.2. The lowest BCUT2D eigenvalue weighted by atomic mass is 9.91. The van der Waals surface area contributed by atoms with E-state index in [4.69, 9.17) is 0 Å². The Hall–Kier alpha value is -1.83. The molecule has 2 heteroatoms. The Balaban J connectivity index is 0.00000110. The Morgan fingerprint density at radius 2 is 1.37 bits per heavy atom. The SMILES string of the molecule is [Cl-].[NH3+]Cc1cc2cccc3ccc4cccc1c4c32. The van der Waals surface area contributed by atoms with Crippen molar-refractivity contribution in [1.29, 1.82) is 0 Å². The predicted octanol–water partition coefficient (Wildman–Crippen LogP) is 0.330. The van der Waals surface area contributed by atoms with Gasteiger partial charge in [0.1, 0.15) is 6.54 Å². The van der Waals surface area contributed by atoms with Crippen molar-refractivity contribution < 1.29 is 18.1 Å². The lowest BCUT2D eigenvalue weighted by Gasteiger charge is -2.12. The fourth-order valence-corrected chi connectivity index (χ4v) is 3.04. The number of rotatable bonds is 1. The Kier molecular flexibility index (Phi) is 2.81. The zero-order chi connectivity index (χ0) is 12.1. The molecule has 0 aliphatic heterocycles. The topological polar surface area (TPSA) is 27.6 Å². The van der Waals surface area contributed by atoms with Crippen molar-refractivity contribution in [3.8, 4) is 0 Å². The first-order valence-electron chi connectivity index (χ1n) is 6.33. The fraction of sp³-hybridized carbons (Fsp3) is 0.0588. The van der Waals surface area contributed by atoms with Gasteiger partial charge in [0, 0.05) is 5.56 Å². The van der Waals surface area contributed by atoms with Crippen molar-refractivity contribution in [2.24, 2.45) is 0 Å². The number of halogens is 1. The fourth-order valence-electron chi connectivity index (χ4n) is 3.04. The second-order valence-electron chi connectivity index (χ2n) is 4.83. The van der Waals surface area contributed by atoms with E-state index in [1.165, 1.54) is 37.9 Å². The highest BCUT2D eigenvalue weighted by molar-refractivity contribution is 6.23. The number of hydrogen-bond acceptors (Lipinski definition) is 0. The zero-order valence-electron chi connectivity index (χ0n) is 10.5. The molecule has 0 atom stereocenters. The predicted molar refractivity (Wildman–Crippen MR) is 76.7 cm³/mol. The van der Waals surface area contributed by atoms with Gasteiger partial charge in [-0.05, 0) is 38.4 Å². The Bertz CT molecular complexity index is 867. The number of quaternary nitrogens is 1. The van der Waals surface area contributed by atoms with Gasteiger partial charge in [-0.2, -0.15) is 0 Å². The lowest BCUT2D eigenvalue weighted by Crippen LogP contribution is -3.00. The van der Waals surface area contributed by atoms with Crippen LogP contribution in [0.3, 0.4) is 0 Å². The molecule has 0 amide bonds. The van der Waals surface area contributed by atoms with Gasteiger partial charge in [-0.25, -0.2) is 0 Å². The van der Waals surface area contributed by atoms with Crippen LogP contribution >= 0.6 is 0 Å². The first-order chi connectivity index (χ1) is 8.88. The van der Waals surface area contributed by atoms with Gasteiger partial charge in [-0.1, -0.05) is 48.5 Å². The quantitative estimate of drug-likeness (QED) is 0.482. The molecule has 0 radical (unpaired) electrons. The standard InChI is InChI=1S/C17H13N.ClH/c18-10-14-9-13-5-1-3-11-7-8-12-4-2-6-15(14)17(12)16(11)13;/h1-9H,10,18H2;1H. The molecule has 0 spiro atoms. The van der Waals surface area contributed by atoms with Crippen LogP contribution < -0.4 is 18.1 Å². The third-order valence-corrected chi connectivity index (χ3v) is 3.86. The molecule has 4 aromatic carbocycles. The summed E-state index contributed by atoms with van der Waals surface area (Å²) in [4.78, 5) is 0. The van der Waals surface area contributed by atoms with Gasteiger partial charge in [0.15, 0.2) is 0 Å². The highest BCUT2D eigenvalue weighted by atomic mass is 35.5. The van der Waals surface area contributed by atoms with E-state index in [1.807, 2.05) is 0 Å². The minimum absolute atomic E-state index is 0. The van der Waals surface area contributed by atoms with Crippen molar-refractivity contribution in [2.75, 3.05) is 0 Å². The second-order valence-corrected chi connectivity index (χ2v) is 4.83. The second kappa shape index (κ2) is 4.37. The number of hydrogen-bond donors (Lipinski definition) is 1. The Labute approximate surface area is 117 Å². The molecule has 0 heterocycles. The molecule has 19 heavy (non-hydrogen) atoms. The normalized spacial score (nSPS) is 11.2. The molecular weight excluding hydrogens is 254 g/mol. The summed E-state index contributed by atoms with van der Waals surface area (Å²) in [6, 6.07) is 19.8. The van der Waals surface area contributed by atoms with Crippen LogP contribution in [-0.2, 0) is 6.54 Å². The van der Waals surface area contributed by atoms with Crippen molar-refractivity contribution in [1.82, 2.24) is 0 Å². The van der Waals surface area contributed by atoms with Gasteiger partial charge < -0.3 is 18.1 Å². The van der Waals surface area contributed by atoms with E-state index in [0.29, 0.717) is 0 Å². The van der Waals surface area contributed by atoms with Crippen LogP contribution in [0, 0.1) is 0 Å². The summed E-state index contributed by atoms with van der Waals surface area (Å²) in [7, 11) is 0. The summed E-state index contributed by atoms with van der Waals surface area (Å²) in [6.07, 6.45) is 0. The van der Waals surface area contributed by atoms with Crippen molar-refractivity contribution >= 4 is 32.3 Å². The summed E-state index contributed by atoms with van der Waals surface area (Å²) in [5.41, 5.74) is 5.40. The molecule has 0 aromatic heterocycles. The Morgan fingerprint density at radius 1 is 0.737 bits per heavy atom. The van der Waals surface area contributed by atoms with E-state index >= 15 is 0 Å². The van der Waals surface area contributed by atoms with Crippen LogP contribution in [0.4, 0.5) is 0 Å². The summed E-state index contributed by atoms with van der Waals surface area (Å²) in [5, 5.41) is 8.12. The van der Waals surface area contributed by atoms with Crippen LogP contribution in [0.2, 0.25) is 0 Å². The summed E-state index contributed by atoms with van der Waals surface area (Å²) >= 11 is 0. The van der Waals surface area contributed by atoms with E-state index < -0.39 is 0 Å². The zero-order valence-corrected chi connectivity index (χ0v) is 11.2.